The molecule has 1 aliphatic heterocycles. The maximum Gasteiger partial charge on any atom is 0.155 e. The molecule has 0 spiro atoms. The highest BCUT2D eigenvalue weighted by molar-refractivity contribution is 7.99. The average Bonchev–Trinajstić information content (AvgIpc) is 2.63. The minimum absolute atomic E-state index is 0.195. The van der Waals surface area contributed by atoms with E-state index >= 15 is 0 Å². The predicted molar refractivity (Wildman–Crippen MR) is 75.2 cm³/mol. The number of rotatable bonds is 3. The van der Waals surface area contributed by atoms with E-state index in [1.807, 2.05) is 17.8 Å². The summed E-state index contributed by atoms with van der Waals surface area (Å²) in [5.41, 5.74) is 0.937. The Hall–Kier alpha value is -1.03. The zero-order valence-corrected chi connectivity index (χ0v) is 11.4. The molecule has 1 saturated heterocycles. The zero-order valence-electron chi connectivity index (χ0n) is 10.6. The number of nitrogens with zero attached hydrogens (tertiary/aromatic N) is 1. The van der Waals surface area contributed by atoms with Gasteiger partial charge in [-0.25, -0.2) is 4.39 Å². The summed E-state index contributed by atoms with van der Waals surface area (Å²) in [5, 5.41) is 0.684. The Morgan fingerprint density at radius 2 is 2.22 bits per heavy atom. The van der Waals surface area contributed by atoms with Gasteiger partial charge in [0.2, 0.25) is 0 Å². The topological polar surface area (TPSA) is 20.3 Å². The van der Waals surface area contributed by atoms with Gasteiger partial charge in [0.05, 0.1) is 11.3 Å². The number of hydrogen-bond acceptors (Lipinski definition) is 3. The summed E-state index contributed by atoms with van der Waals surface area (Å²) in [7, 11) is 0. The van der Waals surface area contributed by atoms with Crippen molar-refractivity contribution in [2.24, 2.45) is 0 Å². The van der Waals surface area contributed by atoms with Crippen LogP contribution in [0.2, 0.25) is 0 Å². The summed E-state index contributed by atoms with van der Waals surface area (Å²) in [5.74, 6) is -0.423. The molecule has 1 unspecified atom stereocenters. The molecule has 0 saturated carbocycles. The second-order valence-corrected chi connectivity index (χ2v) is 5.70. The number of carbonyl (C=O) groups excluding carboxylic acids is 1. The molecule has 0 aromatic heterocycles. The van der Waals surface area contributed by atoms with E-state index in [9.17, 15) is 9.18 Å². The summed E-state index contributed by atoms with van der Waals surface area (Å²) < 4.78 is 13.6. The second-order valence-electron chi connectivity index (χ2n) is 4.57. The number of benzene rings is 1. The van der Waals surface area contributed by atoms with E-state index < -0.39 is 5.82 Å². The summed E-state index contributed by atoms with van der Waals surface area (Å²) >= 11 is 1.90. The number of thioether (sulfide) groups is 1. The van der Waals surface area contributed by atoms with Crippen molar-refractivity contribution in [2.75, 3.05) is 24.2 Å². The van der Waals surface area contributed by atoms with E-state index in [1.54, 1.807) is 6.07 Å². The minimum Gasteiger partial charge on any atom is -0.371 e. The standard InChI is InChI=1S/C14H18FNOS/c1-18-11-4-3-8-16(9-7-11)14-6-2-5-13(15)12(14)10-17/h2,5-6,10-11H,3-4,7-9H2,1H3. The van der Waals surface area contributed by atoms with Crippen LogP contribution < -0.4 is 4.90 Å². The largest absolute Gasteiger partial charge is 0.371 e. The molecule has 0 aliphatic carbocycles. The number of aldehydes is 1. The number of carbonyl (C=O) groups is 1. The Morgan fingerprint density at radius 1 is 1.39 bits per heavy atom. The van der Waals surface area contributed by atoms with Crippen LogP contribution in [0.1, 0.15) is 29.6 Å². The van der Waals surface area contributed by atoms with Crippen molar-refractivity contribution in [3.8, 4) is 0 Å². The van der Waals surface area contributed by atoms with Crippen LogP contribution in [0.4, 0.5) is 10.1 Å². The van der Waals surface area contributed by atoms with E-state index in [-0.39, 0.29) is 5.56 Å². The summed E-state index contributed by atoms with van der Waals surface area (Å²) in [6, 6.07) is 4.86. The van der Waals surface area contributed by atoms with Gasteiger partial charge in [0.1, 0.15) is 5.82 Å². The third kappa shape index (κ3) is 2.86. The van der Waals surface area contributed by atoms with Crippen molar-refractivity contribution in [1.29, 1.82) is 0 Å². The smallest absolute Gasteiger partial charge is 0.155 e. The third-order valence-corrected chi connectivity index (χ3v) is 4.63. The number of anilines is 1. The molecule has 2 rings (SSSR count). The van der Waals surface area contributed by atoms with Gasteiger partial charge in [-0.05, 0) is 37.7 Å². The van der Waals surface area contributed by atoms with Crippen LogP contribution in [-0.2, 0) is 0 Å². The first-order chi connectivity index (χ1) is 8.76. The quantitative estimate of drug-likeness (QED) is 0.783. The van der Waals surface area contributed by atoms with Crippen molar-refractivity contribution in [2.45, 2.75) is 24.5 Å². The Morgan fingerprint density at radius 3 is 2.94 bits per heavy atom. The molecular weight excluding hydrogens is 249 g/mol. The van der Waals surface area contributed by atoms with Gasteiger partial charge in [-0.2, -0.15) is 11.8 Å². The van der Waals surface area contributed by atoms with Gasteiger partial charge in [0.25, 0.3) is 0 Å². The molecular formula is C14H18FNOS. The van der Waals surface area contributed by atoms with Gasteiger partial charge < -0.3 is 4.90 Å². The molecule has 0 bridgehead atoms. The molecule has 4 heteroatoms. The molecule has 1 aliphatic rings. The van der Waals surface area contributed by atoms with Gasteiger partial charge in [0, 0.05) is 18.3 Å². The van der Waals surface area contributed by atoms with Crippen molar-refractivity contribution in [3.05, 3.63) is 29.6 Å². The highest BCUT2D eigenvalue weighted by Gasteiger charge is 2.19. The van der Waals surface area contributed by atoms with Crippen LogP contribution in [0.5, 0.6) is 0 Å². The monoisotopic (exact) mass is 267 g/mol. The van der Waals surface area contributed by atoms with Crippen LogP contribution >= 0.6 is 11.8 Å². The summed E-state index contributed by atoms with van der Waals surface area (Å²) in [4.78, 5) is 13.2. The first-order valence-electron chi connectivity index (χ1n) is 6.27. The van der Waals surface area contributed by atoms with Gasteiger partial charge in [-0.3, -0.25) is 4.79 Å². The van der Waals surface area contributed by atoms with Gasteiger partial charge in [-0.1, -0.05) is 6.07 Å². The molecule has 1 aromatic rings. The normalized spacial score (nSPS) is 20.6. The van der Waals surface area contributed by atoms with E-state index in [0.29, 0.717) is 11.5 Å². The Labute approximate surface area is 112 Å². The molecule has 98 valence electrons. The van der Waals surface area contributed by atoms with Crippen molar-refractivity contribution < 1.29 is 9.18 Å². The molecule has 0 amide bonds. The summed E-state index contributed by atoms with van der Waals surface area (Å²) in [6.45, 7) is 1.80. The maximum absolute atomic E-state index is 13.6. The Balaban J connectivity index is 2.21. The average molecular weight is 267 g/mol. The number of halogens is 1. The lowest BCUT2D eigenvalue weighted by atomic mass is 10.1. The van der Waals surface area contributed by atoms with Gasteiger partial charge >= 0.3 is 0 Å². The molecule has 2 nitrogen and oxygen atoms in total. The molecule has 1 atom stereocenters. The fraction of sp³-hybridized carbons (Fsp3) is 0.500. The zero-order chi connectivity index (χ0) is 13.0. The SMILES string of the molecule is CSC1CCCN(c2cccc(F)c2C=O)CC1. The first kappa shape index (κ1) is 13.4. The maximum atomic E-state index is 13.6. The fourth-order valence-electron chi connectivity index (χ4n) is 2.46. The molecule has 1 fully saturated rings. The summed E-state index contributed by atoms with van der Waals surface area (Å²) in [6.07, 6.45) is 6.15. The molecule has 1 aromatic carbocycles. The Kier molecular flexibility index (Phi) is 4.64. The first-order valence-corrected chi connectivity index (χ1v) is 7.56. The predicted octanol–water partition coefficient (Wildman–Crippen LogP) is 3.36. The van der Waals surface area contributed by atoms with Crippen molar-refractivity contribution in [3.63, 3.8) is 0 Å². The van der Waals surface area contributed by atoms with Crippen molar-refractivity contribution in [1.82, 2.24) is 0 Å². The van der Waals surface area contributed by atoms with Crippen LogP contribution in [0.15, 0.2) is 18.2 Å². The minimum atomic E-state index is -0.423. The van der Waals surface area contributed by atoms with Crippen LogP contribution in [0.25, 0.3) is 0 Å². The van der Waals surface area contributed by atoms with E-state index in [1.165, 1.54) is 12.5 Å². The molecule has 1 heterocycles. The van der Waals surface area contributed by atoms with E-state index in [0.717, 1.165) is 31.6 Å². The molecule has 18 heavy (non-hydrogen) atoms. The van der Waals surface area contributed by atoms with Gasteiger partial charge in [0.15, 0.2) is 6.29 Å². The van der Waals surface area contributed by atoms with Crippen molar-refractivity contribution >= 4 is 23.7 Å². The lowest BCUT2D eigenvalue weighted by Crippen LogP contribution is -2.25. The van der Waals surface area contributed by atoms with Crippen LogP contribution in [0, 0.1) is 5.82 Å². The van der Waals surface area contributed by atoms with Crippen LogP contribution in [0.3, 0.4) is 0 Å². The molecule has 0 radical (unpaired) electrons. The van der Waals surface area contributed by atoms with E-state index in [2.05, 4.69) is 11.2 Å². The Bertz CT molecular complexity index is 424. The van der Waals surface area contributed by atoms with Gasteiger partial charge in [-0.15, -0.1) is 0 Å². The van der Waals surface area contributed by atoms with Crippen LogP contribution in [-0.4, -0.2) is 30.9 Å². The third-order valence-electron chi connectivity index (χ3n) is 3.50. The second kappa shape index (κ2) is 6.23. The molecule has 0 N–H and O–H groups in total. The number of hydrogen-bond donors (Lipinski definition) is 0. The lowest BCUT2D eigenvalue weighted by Gasteiger charge is -2.24. The fourth-order valence-corrected chi connectivity index (χ4v) is 3.20. The lowest BCUT2D eigenvalue weighted by molar-refractivity contribution is 0.112. The van der Waals surface area contributed by atoms with E-state index in [4.69, 9.17) is 0 Å². The highest BCUT2D eigenvalue weighted by Crippen LogP contribution is 2.27. The highest BCUT2D eigenvalue weighted by atomic mass is 32.2.